The minimum atomic E-state index is -1.69. The van der Waals surface area contributed by atoms with E-state index in [1.807, 2.05) is 13.0 Å². The lowest BCUT2D eigenvalue weighted by Crippen LogP contribution is -2.39. The third kappa shape index (κ3) is 5.11. The Morgan fingerprint density at radius 3 is 2.49 bits per heavy atom. The van der Waals surface area contributed by atoms with Crippen molar-refractivity contribution in [1.82, 2.24) is 14.7 Å². The van der Waals surface area contributed by atoms with Gasteiger partial charge in [-0.1, -0.05) is 25.1 Å². The molecule has 0 aliphatic carbocycles. The highest BCUT2D eigenvalue weighted by Crippen LogP contribution is 2.24. The number of anilines is 1. The van der Waals surface area contributed by atoms with Gasteiger partial charge in [0.25, 0.3) is 5.91 Å². The monoisotopic (exact) mass is 482 g/mol. The molecule has 0 fully saturated rings. The van der Waals surface area contributed by atoms with Crippen LogP contribution in [0.25, 0.3) is 17.1 Å². The maximum Gasteiger partial charge on any atom is 0.273 e. The number of carbonyl (C=O) groups is 2. The normalized spacial score (nSPS) is 10.9. The fourth-order valence-electron chi connectivity index (χ4n) is 3.51. The van der Waals surface area contributed by atoms with Crippen molar-refractivity contribution in [3.63, 3.8) is 0 Å². The van der Waals surface area contributed by atoms with Crippen LogP contribution in [0.3, 0.4) is 0 Å². The van der Waals surface area contributed by atoms with Crippen molar-refractivity contribution in [2.24, 2.45) is 0 Å². The van der Waals surface area contributed by atoms with E-state index < -0.39 is 41.5 Å². The average Bonchev–Trinajstić information content (AvgIpc) is 3.55. The Bertz CT molecular complexity index is 1340. The molecule has 0 radical (unpaired) electrons. The SMILES string of the molecule is CCCN(CC(=O)Nc1ccc(F)c(F)c1F)C(=O)c1cc(-c2ccco2)nn1-c1ccccc1. The Hall–Kier alpha value is -4.34. The Balaban J connectivity index is 1.62. The van der Waals surface area contributed by atoms with Gasteiger partial charge in [-0.25, -0.2) is 17.9 Å². The van der Waals surface area contributed by atoms with Gasteiger partial charge < -0.3 is 14.6 Å². The molecular weight excluding hydrogens is 461 g/mol. The van der Waals surface area contributed by atoms with E-state index >= 15 is 0 Å². The number of hydrogen-bond acceptors (Lipinski definition) is 4. The fraction of sp³-hybridized carbons (Fsp3) is 0.160. The van der Waals surface area contributed by atoms with Gasteiger partial charge in [0.05, 0.1) is 17.6 Å². The molecule has 1 N–H and O–H groups in total. The molecule has 0 saturated heterocycles. The summed E-state index contributed by atoms with van der Waals surface area (Å²) >= 11 is 0. The molecule has 2 aromatic heterocycles. The predicted octanol–water partition coefficient (Wildman–Crippen LogP) is 5.04. The zero-order chi connectivity index (χ0) is 24.9. The summed E-state index contributed by atoms with van der Waals surface area (Å²) < 4.78 is 47.6. The Morgan fingerprint density at radius 1 is 1.03 bits per heavy atom. The predicted molar refractivity (Wildman–Crippen MR) is 122 cm³/mol. The van der Waals surface area contributed by atoms with E-state index in [4.69, 9.17) is 4.42 Å². The number of nitrogens with one attached hydrogen (secondary N) is 1. The molecule has 0 unspecified atom stereocenters. The lowest BCUT2D eigenvalue weighted by atomic mass is 10.2. The van der Waals surface area contributed by atoms with E-state index in [0.717, 1.165) is 6.07 Å². The van der Waals surface area contributed by atoms with Crippen LogP contribution in [-0.2, 0) is 4.79 Å². The van der Waals surface area contributed by atoms with Gasteiger partial charge in [-0.2, -0.15) is 5.10 Å². The summed E-state index contributed by atoms with van der Waals surface area (Å²) in [5.74, 6) is -5.39. The molecule has 0 bridgehead atoms. The molecule has 35 heavy (non-hydrogen) atoms. The average molecular weight is 482 g/mol. The van der Waals surface area contributed by atoms with Crippen molar-refractivity contribution in [3.8, 4) is 17.1 Å². The first-order valence-electron chi connectivity index (χ1n) is 10.8. The second kappa shape index (κ2) is 10.3. The van der Waals surface area contributed by atoms with Gasteiger partial charge in [0.2, 0.25) is 5.91 Å². The van der Waals surface area contributed by atoms with E-state index in [-0.39, 0.29) is 12.2 Å². The van der Waals surface area contributed by atoms with Gasteiger partial charge in [-0.05, 0) is 42.8 Å². The van der Waals surface area contributed by atoms with Crippen LogP contribution in [-0.4, -0.2) is 39.6 Å². The van der Waals surface area contributed by atoms with Gasteiger partial charge in [-0.3, -0.25) is 9.59 Å². The number of carbonyl (C=O) groups excluding carboxylic acids is 2. The molecule has 2 heterocycles. The first-order chi connectivity index (χ1) is 16.9. The fourth-order valence-corrected chi connectivity index (χ4v) is 3.51. The van der Waals surface area contributed by atoms with Gasteiger partial charge in [0.1, 0.15) is 17.9 Å². The summed E-state index contributed by atoms with van der Waals surface area (Å²) in [5, 5.41) is 6.71. The number of nitrogens with zero attached hydrogens (tertiary/aromatic N) is 3. The number of furan rings is 1. The van der Waals surface area contributed by atoms with Gasteiger partial charge in [0.15, 0.2) is 23.2 Å². The number of amides is 2. The highest BCUT2D eigenvalue weighted by Gasteiger charge is 2.25. The molecular formula is C25H21F3N4O3. The largest absolute Gasteiger partial charge is 0.463 e. The van der Waals surface area contributed by atoms with Crippen molar-refractivity contribution in [1.29, 1.82) is 0 Å². The molecule has 7 nitrogen and oxygen atoms in total. The standard InChI is InChI=1S/C25H21F3N4O3/c1-2-12-31(15-22(33)29-18-11-10-17(26)23(27)24(18)28)25(34)20-14-19(21-9-6-13-35-21)30-32(20)16-7-4-3-5-8-16/h3-11,13-14H,2,12,15H2,1H3,(H,29,33). The second-order valence-corrected chi connectivity index (χ2v) is 7.64. The topological polar surface area (TPSA) is 80.4 Å². The van der Waals surface area contributed by atoms with E-state index in [9.17, 15) is 22.8 Å². The molecule has 0 spiro atoms. The van der Waals surface area contributed by atoms with E-state index in [1.54, 1.807) is 42.5 Å². The quantitative estimate of drug-likeness (QED) is 0.357. The highest BCUT2D eigenvalue weighted by molar-refractivity contribution is 5.99. The molecule has 10 heteroatoms. The highest BCUT2D eigenvalue weighted by atomic mass is 19.2. The van der Waals surface area contributed by atoms with Crippen molar-refractivity contribution in [2.75, 3.05) is 18.4 Å². The number of benzene rings is 2. The number of para-hydroxylation sites is 1. The molecule has 2 amide bonds. The first-order valence-corrected chi connectivity index (χ1v) is 10.8. The first kappa shape index (κ1) is 23.8. The Morgan fingerprint density at radius 2 is 1.80 bits per heavy atom. The van der Waals surface area contributed by atoms with Crippen molar-refractivity contribution in [2.45, 2.75) is 13.3 Å². The molecule has 4 rings (SSSR count). The molecule has 0 atom stereocenters. The van der Waals surface area contributed by atoms with Gasteiger partial charge >= 0.3 is 0 Å². The van der Waals surface area contributed by atoms with Crippen molar-refractivity contribution in [3.05, 3.63) is 90.1 Å². The Kier molecular flexibility index (Phi) is 7.00. The van der Waals surface area contributed by atoms with Gasteiger partial charge in [0, 0.05) is 12.6 Å². The summed E-state index contributed by atoms with van der Waals surface area (Å²) in [7, 11) is 0. The van der Waals surface area contributed by atoms with E-state index in [2.05, 4.69) is 10.4 Å². The summed E-state index contributed by atoms with van der Waals surface area (Å²) in [6, 6.07) is 15.6. The molecule has 2 aromatic carbocycles. The minimum absolute atomic E-state index is 0.183. The minimum Gasteiger partial charge on any atom is -0.463 e. The van der Waals surface area contributed by atoms with Crippen LogP contribution in [0.4, 0.5) is 18.9 Å². The number of halogens is 3. The molecule has 0 aliphatic rings. The smallest absolute Gasteiger partial charge is 0.273 e. The van der Waals surface area contributed by atoms with Crippen LogP contribution in [0.5, 0.6) is 0 Å². The second-order valence-electron chi connectivity index (χ2n) is 7.64. The van der Waals surface area contributed by atoms with E-state index in [0.29, 0.717) is 29.6 Å². The number of aromatic nitrogens is 2. The molecule has 0 saturated carbocycles. The third-order valence-electron chi connectivity index (χ3n) is 5.13. The number of rotatable bonds is 8. The molecule has 0 aliphatic heterocycles. The lowest BCUT2D eigenvalue weighted by Gasteiger charge is -2.22. The summed E-state index contributed by atoms with van der Waals surface area (Å²) in [6.45, 7) is 1.60. The lowest BCUT2D eigenvalue weighted by molar-refractivity contribution is -0.116. The maximum atomic E-state index is 14.0. The zero-order valence-electron chi connectivity index (χ0n) is 18.7. The van der Waals surface area contributed by atoms with Crippen LogP contribution in [0.2, 0.25) is 0 Å². The van der Waals surface area contributed by atoms with E-state index in [1.165, 1.54) is 15.8 Å². The molecule has 4 aromatic rings. The van der Waals surface area contributed by atoms with Crippen LogP contribution < -0.4 is 5.32 Å². The maximum absolute atomic E-state index is 14.0. The van der Waals surface area contributed by atoms with Crippen LogP contribution in [0.1, 0.15) is 23.8 Å². The summed E-state index contributed by atoms with van der Waals surface area (Å²) in [6.07, 6.45) is 2.02. The Labute approximate surface area is 198 Å². The van der Waals surface area contributed by atoms with Crippen molar-refractivity contribution >= 4 is 17.5 Å². The van der Waals surface area contributed by atoms with Crippen molar-refractivity contribution < 1.29 is 27.2 Å². The number of hydrogen-bond donors (Lipinski definition) is 1. The van der Waals surface area contributed by atoms with Crippen LogP contribution in [0.15, 0.2) is 71.3 Å². The van der Waals surface area contributed by atoms with Gasteiger partial charge in [-0.15, -0.1) is 0 Å². The zero-order valence-corrected chi connectivity index (χ0v) is 18.7. The molecule has 180 valence electrons. The summed E-state index contributed by atoms with van der Waals surface area (Å²) in [5.41, 5.74) is 0.709. The third-order valence-corrected chi connectivity index (χ3v) is 5.13. The van der Waals surface area contributed by atoms with Crippen LogP contribution in [0, 0.1) is 17.5 Å². The van der Waals surface area contributed by atoms with Crippen LogP contribution >= 0.6 is 0 Å². The summed E-state index contributed by atoms with van der Waals surface area (Å²) in [4.78, 5) is 27.4.